The van der Waals surface area contributed by atoms with Crippen molar-refractivity contribution in [2.45, 2.75) is 39.2 Å². The van der Waals surface area contributed by atoms with E-state index in [1.165, 1.54) is 0 Å². The number of ether oxygens (including phenoxy) is 3. The molecule has 3 aromatic rings. The molecule has 1 unspecified atom stereocenters. The Morgan fingerprint density at radius 2 is 1.90 bits per heavy atom. The molecule has 1 fully saturated rings. The average Bonchev–Trinajstić information content (AvgIpc) is 3.58. The van der Waals surface area contributed by atoms with E-state index in [4.69, 9.17) is 30.8 Å². The molecule has 39 heavy (non-hydrogen) atoms. The number of hydrogen-bond acceptors (Lipinski definition) is 6. The zero-order valence-electron chi connectivity index (χ0n) is 22.8. The highest BCUT2D eigenvalue weighted by Gasteiger charge is 2.25. The van der Waals surface area contributed by atoms with Gasteiger partial charge in [0.1, 0.15) is 6.54 Å². The van der Waals surface area contributed by atoms with Crippen LogP contribution in [0.2, 0.25) is 5.02 Å². The number of hydrogen-bond donors (Lipinski definition) is 1. The summed E-state index contributed by atoms with van der Waals surface area (Å²) in [5.41, 5.74) is 2.19. The molecule has 2 aromatic carbocycles. The van der Waals surface area contributed by atoms with Gasteiger partial charge in [-0.2, -0.15) is 0 Å². The van der Waals surface area contributed by atoms with Gasteiger partial charge in [0.15, 0.2) is 11.5 Å². The highest BCUT2D eigenvalue weighted by Crippen LogP contribution is 2.32. The largest absolute Gasteiger partial charge is 0.493 e. The Kier molecular flexibility index (Phi) is 9.48. The van der Waals surface area contributed by atoms with Crippen LogP contribution < -0.4 is 14.8 Å². The molecule has 2 amide bonds. The Balaban J connectivity index is 1.63. The smallest absolute Gasteiger partial charge is 0.246 e. The van der Waals surface area contributed by atoms with E-state index >= 15 is 0 Å². The van der Waals surface area contributed by atoms with Crippen molar-refractivity contribution in [2.24, 2.45) is 5.92 Å². The summed E-state index contributed by atoms with van der Waals surface area (Å²) in [6.45, 7) is 4.94. The third-order valence-electron chi connectivity index (χ3n) is 6.46. The van der Waals surface area contributed by atoms with Gasteiger partial charge < -0.3 is 19.1 Å². The number of carbonyl (C=O) groups excluding carboxylic acids is 2. The summed E-state index contributed by atoms with van der Waals surface area (Å²) in [7, 11) is 3.14. The first-order chi connectivity index (χ1) is 18.8. The van der Waals surface area contributed by atoms with Gasteiger partial charge in [-0.3, -0.25) is 19.5 Å². The number of halogens is 1. The first-order valence-corrected chi connectivity index (χ1v) is 13.4. The summed E-state index contributed by atoms with van der Waals surface area (Å²) in [5.74, 6) is 1.19. The van der Waals surface area contributed by atoms with Crippen molar-refractivity contribution >= 4 is 29.4 Å². The van der Waals surface area contributed by atoms with E-state index in [0.29, 0.717) is 53.4 Å². The van der Waals surface area contributed by atoms with Gasteiger partial charge in [-0.05, 0) is 43.0 Å². The number of aromatic nitrogens is 2. The molecule has 208 valence electrons. The zero-order chi connectivity index (χ0) is 27.9. The Morgan fingerprint density at radius 3 is 2.54 bits per heavy atom. The number of carbonyl (C=O) groups is 2. The first-order valence-electron chi connectivity index (χ1n) is 13.0. The number of anilines is 1. The molecule has 9 nitrogen and oxygen atoms in total. The Labute approximate surface area is 234 Å². The second kappa shape index (κ2) is 13.0. The van der Waals surface area contributed by atoms with Crippen LogP contribution in [0.25, 0.3) is 16.9 Å². The van der Waals surface area contributed by atoms with Crippen LogP contribution in [-0.2, 0) is 14.3 Å². The summed E-state index contributed by atoms with van der Waals surface area (Å²) in [4.78, 5) is 32.6. The molecule has 1 aliphatic rings. The molecular weight excluding hydrogens is 520 g/mol. The van der Waals surface area contributed by atoms with Gasteiger partial charge >= 0.3 is 0 Å². The molecule has 2 heterocycles. The van der Waals surface area contributed by atoms with Crippen LogP contribution in [-0.4, -0.2) is 66.3 Å². The van der Waals surface area contributed by atoms with Gasteiger partial charge in [0, 0.05) is 42.4 Å². The number of nitrogens with zero attached hydrogens (tertiary/aromatic N) is 3. The van der Waals surface area contributed by atoms with Crippen LogP contribution in [0.1, 0.15) is 33.1 Å². The number of benzene rings is 2. The van der Waals surface area contributed by atoms with Crippen LogP contribution in [0, 0.1) is 5.92 Å². The molecule has 0 radical (unpaired) electrons. The molecule has 0 saturated carbocycles. The fourth-order valence-electron chi connectivity index (χ4n) is 4.50. The fraction of sp³-hybridized carbons (Fsp3) is 0.414. The van der Waals surface area contributed by atoms with E-state index in [9.17, 15) is 9.59 Å². The second-order valence-corrected chi connectivity index (χ2v) is 10.4. The maximum absolute atomic E-state index is 13.3. The lowest BCUT2D eigenvalue weighted by Gasteiger charge is -2.25. The zero-order valence-corrected chi connectivity index (χ0v) is 23.5. The summed E-state index contributed by atoms with van der Waals surface area (Å²) in [6, 6.07) is 12.7. The lowest BCUT2D eigenvalue weighted by atomic mass is 10.1. The lowest BCUT2D eigenvalue weighted by Crippen LogP contribution is -2.42. The first kappa shape index (κ1) is 28.4. The summed E-state index contributed by atoms with van der Waals surface area (Å²) >= 11 is 6.08. The van der Waals surface area contributed by atoms with Crippen LogP contribution in [0.15, 0.2) is 48.7 Å². The van der Waals surface area contributed by atoms with E-state index in [-0.39, 0.29) is 30.4 Å². The lowest BCUT2D eigenvalue weighted by molar-refractivity contribution is -0.136. The molecule has 4 rings (SSSR count). The molecule has 10 heteroatoms. The Morgan fingerprint density at radius 1 is 1.15 bits per heavy atom. The highest BCUT2D eigenvalue weighted by molar-refractivity contribution is 6.30. The van der Waals surface area contributed by atoms with Crippen molar-refractivity contribution < 1.29 is 23.8 Å². The highest BCUT2D eigenvalue weighted by atomic mass is 35.5. The summed E-state index contributed by atoms with van der Waals surface area (Å²) < 4.78 is 18.4. The van der Waals surface area contributed by atoms with Gasteiger partial charge in [-0.15, -0.1) is 0 Å². The van der Waals surface area contributed by atoms with Gasteiger partial charge in [-0.25, -0.2) is 4.98 Å². The average molecular weight is 555 g/mol. The number of imidazole rings is 1. The van der Waals surface area contributed by atoms with Crippen molar-refractivity contribution in [3.63, 3.8) is 0 Å². The number of amides is 2. The number of methoxy groups -OCH3 is 2. The third-order valence-corrected chi connectivity index (χ3v) is 6.71. The quantitative estimate of drug-likeness (QED) is 0.350. The van der Waals surface area contributed by atoms with Gasteiger partial charge in [-0.1, -0.05) is 37.6 Å². The van der Waals surface area contributed by atoms with Crippen LogP contribution in [0.5, 0.6) is 11.5 Å². The van der Waals surface area contributed by atoms with Crippen molar-refractivity contribution in [2.75, 3.05) is 39.2 Å². The molecule has 0 aliphatic carbocycles. The van der Waals surface area contributed by atoms with E-state index in [0.717, 1.165) is 18.4 Å². The monoisotopic (exact) mass is 554 g/mol. The molecule has 1 atom stereocenters. The maximum Gasteiger partial charge on any atom is 0.246 e. The van der Waals surface area contributed by atoms with Crippen LogP contribution in [0.4, 0.5) is 5.95 Å². The third kappa shape index (κ3) is 7.30. The van der Waals surface area contributed by atoms with Gasteiger partial charge in [0.2, 0.25) is 17.8 Å². The SMILES string of the molecule is COc1ccc(-n2cc(-c3ccc(Cl)cc3)nc2NC(=O)CN(CC2CCCO2)C(=O)CC(C)C)cc1OC. The predicted molar refractivity (Wildman–Crippen MR) is 151 cm³/mol. The second-order valence-electron chi connectivity index (χ2n) is 9.92. The fourth-order valence-corrected chi connectivity index (χ4v) is 4.63. The molecule has 1 N–H and O–H groups in total. The Hall–Kier alpha value is -3.56. The van der Waals surface area contributed by atoms with E-state index in [1.807, 2.05) is 38.2 Å². The minimum absolute atomic E-state index is 0.0563. The standard InChI is InChI=1S/C29H35ClN4O5/c1-19(2)14-28(36)33(16-23-6-5-13-39-23)18-27(35)32-29-31-24(20-7-9-21(30)10-8-20)17-34(29)22-11-12-25(37-3)26(15-22)38-4/h7-12,15,17,19,23H,5-6,13-14,16,18H2,1-4H3,(H,31,32,35). The number of rotatable bonds is 11. The van der Waals surface area contributed by atoms with Crippen LogP contribution >= 0.6 is 11.6 Å². The van der Waals surface area contributed by atoms with Crippen LogP contribution in [0.3, 0.4) is 0 Å². The Bertz CT molecular complexity index is 1290. The van der Waals surface area contributed by atoms with E-state index in [1.54, 1.807) is 48.0 Å². The van der Waals surface area contributed by atoms with Gasteiger partial charge in [0.05, 0.1) is 31.7 Å². The van der Waals surface area contributed by atoms with Crippen molar-refractivity contribution in [3.8, 4) is 28.4 Å². The van der Waals surface area contributed by atoms with Crippen molar-refractivity contribution in [1.82, 2.24) is 14.5 Å². The molecule has 0 bridgehead atoms. The predicted octanol–water partition coefficient (Wildman–Crippen LogP) is 5.20. The van der Waals surface area contributed by atoms with E-state index < -0.39 is 0 Å². The molecule has 1 aromatic heterocycles. The molecule has 1 saturated heterocycles. The maximum atomic E-state index is 13.3. The van der Waals surface area contributed by atoms with E-state index in [2.05, 4.69) is 5.32 Å². The topological polar surface area (TPSA) is 94.9 Å². The molecular formula is C29H35ClN4O5. The van der Waals surface area contributed by atoms with Crippen molar-refractivity contribution in [3.05, 3.63) is 53.7 Å². The summed E-state index contributed by atoms with van der Waals surface area (Å²) in [6.07, 6.45) is 3.97. The molecule has 1 aliphatic heterocycles. The van der Waals surface area contributed by atoms with Gasteiger partial charge in [0.25, 0.3) is 0 Å². The minimum atomic E-state index is -0.347. The van der Waals surface area contributed by atoms with Crippen molar-refractivity contribution in [1.29, 1.82) is 0 Å². The summed E-state index contributed by atoms with van der Waals surface area (Å²) in [5, 5.41) is 3.54. The minimum Gasteiger partial charge on any atom is -0.493 e. The molecule has 0 spiro atoms. The normalized spacial score (nSPS) is 14.9. The number of nitrogens with one attached hydrogen (secondary N) is 1.